The molecule has 1 saturated heterocycles. The standard InChI is InChI=1S/C8H16O6S2/c9-5-8(14-16(11,12)13)7(10)6-15-3-1-2-4-15/h7-10H,1-6H2/t7-,8+/m0/s1. The van der Waals surface area contributed by atoms with Crippen molar-refractivity contribution in [1.29, 1.82) is 0 Å². The zero-order chi connectivity index (χ0) is 12.2. The Bertz CT molecular complexity index is 298. The second-order valence-corrected chi connectivity index (χ2v) is 7.07. The molecule has 0 unspecified atom stereocenters. The monoisotopic (exact) mass is 272 g/mol. The molecular formula is C8H16O6S2. The molecule has 0 aromatic rings. The van der Waals surface area contributed by atoms with Crippen LogP contribution in [0.3, 0.4) is 0 Å². The molecule has 6 nitrogen and oxygen atoms in total. The highest BCUT2D eigenvalue weighted by molar-refractivity contribution is 7.97. The quantitative estimate of drug-likeness (QED) is 0.350. The summed E-state index contributed by atoms with van der Waals surface area (Å²) in [6, 6.07) is 0. The van der Waals surface area contributed by atoms with E-state index in [2.05, 4.69) is 4.18 Å². The van der Waals surface area contributed by atoms with Crippen LogP contribution < -0.4 is 0 Å². The van der Waals surface area contributed by atoms with Gasteiger partial charge in [0.25, 0.3) is 0 Å². The molecule has 1 aliphatic rings. The summed E-state index contributed by atoms with van der Waals surface area (Å²) in [5.41, 5.74) is 0. The largest absolute Gasteiger partial charge is 0.726 e. The van der Waals surface area contributed by atoms with Crippen LogP contribution in [0.15, 0.2) is 0 Å². The van der Waals surface area contributed by atoms with Gasteiger partial charge in [-0.1, -0.05) is 0 Å². The number of hydrogen-bond acceptors (Lipinski definition) is 6. The Morgan fingerprint density at radius 2 is 1.94 bits per heavy atom. The zero-order valence-electron chi connectivity index (χ0n) is 8.74. The van der Waals surface area contributed by atoms with E-state index in [1.54, 1.807) is 0 Å². The molecule has 1 heterocycles. The van der Waals surface area contributed by atoms with E-state index in [-0.39, 0.29) is 10.9 Å². The van der Waals surface area contributed by atoms with Gasteiger partial charge in [-0.2, -0.15) is 0 Å². The molecule has 0 aliphatic carbocycles. The fourth-order valence-corrected chi connectivity index (χ4v) is 4.55. The van der Waals surface area contributed by atoms with Crippen LogP contribution >= 0.6 is 0 Å². The van der Waals surface area contributed by atoms with Gasteiger partial charge in [0.05, 0.1) is 6.61 Å². The fraction of sp³-hybridized carbons (Fsp3) is 1.00. The van der Waals surface area contributed by atoms with Gasteiger partial charge in [-0.15, -0.1) is 0 Å². The van der Waals surface area contributed by atoms with Gasteiger partial charge in [0.15, 0.2) is 0 Å². The third-order valence-corrected chi connectivity index (χ3v) is 5.40. The fourth-order valence-electron chi connectivity index (χ4n) is 1.60. The van der Waals surface area contributed by atoms with Crippen molar-refractivity contribution in [2.45, 2.75) is 25.0 Å². The highest BCUT2D eigenvalue weighted by Crippen LogP contribution is 2.16. The molecule has 1 aliphatic heterocycles. The first-order chi connectivity index (χ1) is 7.42. The SMILES string of the molecule is O=S(=O)([O-])O[C@H](CO)[C@@H](O)C[S+]1CCCC1. The minimum Gasteiger partial charge on any atom is -0.726 e. The minimum absolute atomic E-state index is 0.0541. The topological polar surface area (TPSA) is 107 Å². The van der Waals surface area contributed by atoms with Gasteiger partial charge in [-0.3, -0.25) is 4.18 Å². The summed E-state index contributed by atoms with van der Waals surface area (Å²) >= 11 is 0. The van der Waals surface area contributed by atoms with E-state index in [0.717, 1.165) is 24.3 Å². The van der Waals surface area contributed by atoms with Gasteiger partial charge in [0.2, 0.25) is 10.4 Å². The van der Waals surface area contributed by atoms with Gasteiger partial charge in [0, 0.05) is 0 Å². The molecule has 16 heavy (non-hydrogen) atoms. The van der Waals surface area contributed by atoms with Crippen LogP contribution in [-0.2, 0) is 25.5 Å². The number of aliphatic hydroxyl groups is 2. The highest BCUT2D eigenvalue weighted by Gasteiger charge is 2.32. The predicted molar refractivity (Wildman–Crippen MR) is 58.9 cm³/mol. The van der Waals surface area contributed by atoms with Crippen molar-refractivity contribution in [2.75, 3.05) is 23.9 Å². The lowest BCUT2D eigenvalue weighted by atomic mass is 10.2. The maximum atomic E-state index is 10.3. The van der Waals surface area contributed by atoms with Crippen molar-refractivity contribution >= 4 is 21.3 Å². The average Bonchev–Trinajstić information content (AvgIpc) is 2.65. The van der Waals surface area contributed by atoms with E-state index < -0.39 is 29.2 Å². The summed E-state index contributed by atoms with van der Waals surface area (Å²) < 4.78 is 35.1. The summed E-state index contributed by atoms with van der Waals surface area (Å²) in [4.78, 5) is 0. The number of hydrogen-bond donors (Lipinski definition) is 2. The van der Waals surface area contributed by atoms with E-state index in [9.17, 15) is 18.1 Å². The van der Waals surface area contributed by atoms with Gasteiger partial charge in [-0.05, 0) is 23.7 Å². The third kappa shape index (κ3) is 4.98. The number of rotatable bonds is 6. The van der Waals surface area contributed by atoms with Crippen molar-refractivity contribution in [3.05, 3.63) is 0 Å². The van der Waals surface area contributed by atoms with E-state index in [0.29, 0.717) is 5.75 Å². The molecular weight excluding hydrogens is 256 g/mol. The lowest BCUT2D eigenvalue weighted by Gasteiger charge is -2.21. The summed E-state index contributed by atoms with van der Waals surface area (Å²) in [6.45, 7) is -0.681. The molecule has 0 aromatic heterocycles. The van der Waals surface area contributed by atoms with Crippen molar-refractivity contribution < 1.29 is 27.4 Å². The second-order valence-electron chi connectivity index (χ2n) is 3.69. The molecule has 1 fully saturated rings. The van der Waals surface area contributed by atoms with Crippen LogP contribution in [0, 0.1) is 0 Å². The first kappa shape index (κ1) is 14.2. The lowest BCUT2D eigenvalue weighted by Crippen LogP contribution is -2.39. The lowest BCUT2D eigenvalue weighted by molar-refractivity contribution is 0.0107. The minimum atomic E-state index is -4.88. The molecule has 0 spiro atoms. The van der Waals surface area contributed by atoms with Crippen LogP contribution in [-0.4, -0.2) is 59.3 Å². The molecule has 0 radical (unpaired) electrons. The second kappa shape index (κ2) is 6.18. The first-order valence-corrected chi connectivity index (χ1v) is 8.06. The molecule has 1 rings (SSSR count). The summed E-state index contributed by atoms with van der Waals surface area (Å²) in [6.07, 6.45) is -0.216. The molecule has 2 N–H and O–H groups in total. The van der Waals surface area contributed by atoms with Crippen LogP contribution in [0.1, 0.15) is 12.8 Å². The van der Waals surface area contributed by atoms with E-state index >= 15 is 0 Å². The molecule has 0 amide bonds. The van der Waals surface area contributed by atoms with Crippen LogP contribution in [0.25, 0.3) is 0 Å². The smallest absolute Gasteiger partial charge is 0.218 e. The molecule has 0 aromatic carbocycles. The third-order valence-electron chi connectivity index (χ3n) is 2.37. The molecule has 0 saturated carbocycles. The summed E-state index contributed by atoms with van der Waals surface area (Å²) in [5, 5.41) is 18.5. The van der Waals surface area contributed by atoms with Gasteiger partial charge in [-0.25, -0.2) is 8.42 Å². The summed E-state index contributed by atoms with van der Waals surface area (Å²) in [7, 11) is -4.83. The van der Waals surface area contributed by atoms with Crippen molar-refractivity contribution in [3.8, 4) is 0 Å². The van der Waals surface area contributed by atoms with Gasteiger partial charge < -0.3 is 14.8 Å². The van der Waals surface area contributed by atoms with Crippen molar-refractivity contribution in [2.24, 2.45) is 0 Å². The Hall–Kier alpha value is 0.140. The molecule has 0 bridgehead atoms. The van der Waals surface area contributed by atoms with Crippen LogP contribution in [0.2, 0.25) is 0 Å². The normalized spacial score (nSPS) is 22.2. The van der Waals surface area contributed by atoms with E-state index in [4.69, 9.17) is 5.11 Å². The van der Waals surface area contributed by atoms with Crippen molar-refractivity contribution in [1.82, 2.24) is 0 Å². The molecule has 8 heteroatoms. The Kier molecular flexibility index (Phi) is 5.48. The highest BCUT2D eigenvalue weighted by atomic mass is 32.3. The van der Waals surface area contributed by atoms with Gasteiger partial charge in [0.1, 0.15) is 29.5 Å². The van der Waals surface area contributed by atoms with E-state index in [1.807, 2.05) is 0 Å². The Balaban J connectivity index is 2.45. The Morgan fingerprint density at radius 3 is 2.38 bits per heavy atom. The van der Waals surface area contributed by atoms with Crippen LogP contribution in [0.5, 0.6) is 0 Å². The molecule has 96 valence electrons. The number of aliphatic hydroxyl groups excluding tert-OH is 2. The summed E-state index contributed by atoms with van der Waals surface area (Å²) in [5.74, 6) is 2.42. The maximum Gasteiger partial charge on any atom is 0.218 e. The van der Waals surface area contributed by atoms with E-state index in [1.165, 1.54) is 0 Å². The Labute approximate surface area is 97.9 Å². The van der Waals surface area contributed by atoms with Crippen molar-refractivity contribution in [3.63, 3.8) is 0 Å². The van der Waals surface area contributed by atoms with Crippen LogP contribution in [0.4, 0.5) is 0 Å². The zero-order valence-corrected chi connectivity index (χ0v) is 10.4. The first-order valence-electron chi connectivity index (χ1n) is 4.99. The Morgan fingerprint density at radius 1 is 1.38 bits per heavy atom. The predicted octanol–water partition coefficient (Wildman–Crippen LogP) is -1.40. The average molecular weight is 272 g/mol. The molecule has 2 atom stereocenters. The van der Waals surface area contributed by atoms with Gasteiger partial charge >= 0.3 is 0 Å². The maximum absolute atomic E-state index is 10.3.